The Morgan fingerprint density at radius 3 is 2.88 bits per heavy atom. The molecule has 1 aromatic heterocycles. The van der Waals surface area contributed by atoms with Gasteiger partial charge in [-0.25, -0.2) is 0 Å². The van der Waals surface area contributed by atoms with Gasteiger partial charge in [0.05, 0.1) is 12.2 Å². The summed E-state index contributed by atoms with van der Waals surface area (Å²) in [6, 6.07) is 10.3. The third-order valence-corrected chi connectivity index (χ3v) is 3.32. The van der Waals surface area contributed by atoms with Crippen molar-refractivity contribution in [2.24, 2.45) is 0 Å². The number of rotatable bonds is 5. The Morgan fingerprint density at radius 1 is 1.29 bits per heavy atom. The highest BCUT2D eigenvalue weighted by Gasteiger charge is 2.02. The van der Waals surface area contributed by atoms with E-state index in [1.54, 1.807) is 0 Å². The Kier molecular flexibility index (Phi) is 4.34. The summed E-state index contributed by atoms with van der Waals surface area (Å²) < 4.78 is 3.09. The van der Waals surface area contributed by atoms with E-state index in [1.165, 1.54) is 5.56 Å². The van der Waals surface area contributed by atoms with Crippen molar-refractivity contribution in [2.75, 3.05) is 6.54 Å². The summed E-state index contributed by atoms with van der Waals surface area (Å²) in [6.07, 6.45) is 2.02. The lowest BCUT2D eigenvalue weighted by Crippen LogP contribution is -2.12. The SMILES string of the molecule is CCNCc1ccn(Cc2ccccc2Br)n1. The molecule has 0 radical (unpaired) electrons. The zero-order valence-corrected chi connectivity index (χ0v) is 11.4. The molecule has 3 nitrogen and oxygen atoms in total. The van der Waals surface area contributed by atoms with Crippen molar-refractivity contribution in [2.45, 2.75) is 20.0 Å². The van der Waals surface area contributed by atoms with Crippen LogP contribution in [0.25, 0.3) is 0 Å². The Balaban J connectivity index is 2.04. The molecule has 2 rings (SSSR count). The number of nitrogens with one attached hydrogen (secondary N) is 1. The van der Waals surface area contributed by atoms with Gasteiger partial charge in [-0.3, -0.25) is 4.68 Å². The lowest BCUT2D eigenvalue weighted by Gasteiger charge is -2.04. The Labute approximate surface area is 110 Å². The molecule has 2 aromatic rings. The summed E-state index contributed by atoms with van der Waals surface area (Å²) >= 11 is 3.55. The van der Waals surface area contributed by atoms with Gasteiger partial charge in [-0.1, -0.05) is 41.1 Å². The molecule has 0 saturated carbocycles. The molecule has 4 heteroatoms. The van der Waals surface area contributed by atoms with Gasteiger partial charge >= 0.3 is 0 Å². The predicted octanol–water partition coefficient (Wildman–Crippen LogP) is 2.80. The minimum absolute atomic E-state index is 0.799. The Hall–Kier alpha value is -1.13. The molecule has 1 aromatic carbocycles. The molecule has 1 N–H and O–H groups in total. The maximum atomic E-state index is 4.52. The van der Waals surface area contributed by atoms with Crippen molar-refractivity contribution in [1.82, 2.24) is 15.1 Å². The fourth-order valence-electron chi connectivity index (χ4n) is 1.64. The standard InChI is InChI=1S/C13H16BrN3/c1-2-15-9-12-7-8-17(16-12)10-11-5-3-4-6-13(11)14/h3-8,15H,2,9-10H2,1H3. The molecule has 0 amide bonds. The van der Waals surface area contributed by atoms with E-state index < -0.39 is 0 Å². The molecule has 0 aliphatic heterocycles. The molecule has 1 heterocycles. The van der Waals surface area contributed by atoms with E-state index in [0.29, 0.717) is 0 Å². The lowest BCUT2D eigenvalue weighted by atomic mass is 10.2. The molecule has 17 heavy (non-hydrogen) atoms. The number of nitrogens with zero attached hydrogens (tertiary/aromatic N) is 2. The van der Waals surface area contributed by atoms with E-state index in [1.807, 2.05) is 23.0 Å². The molecule has 0 aliphatic rings. The first-order chi connectivity index (χ1) is 8.29. The van der Waals surface area contributed by atoms with Gasteiger partial charge in [0, 0.05) is 17.2 Å². The molecule has 0 bridgehead atoms. The van der Waals surface area contributed by atoms with Crippen LogP contribution in [0.15, 0.2) is 41.0 Å². The second kappa shape index (κ2) is 5.98. The minimum atomic E-state index is 0.799. The highest BCUT2D eigenvalue weighted by Crippen LogP contribution is 2.16. The molecule has 0 unspecified atom stereocenters. The van der Waals surface area contributed by atoms with E-state index in [0.717, 1.165) is 29.8 Å². The van der Waals surface area contributed by atoms with Crippen molar-refractivity contribution < 1.29 is 0 Å². The molecule has 0 saturated heterocycles. The van der Waals surface area contributed by atoms with Crippen molar-refractivity contribution in [3.8, 4) is 0 Å². The molecule has 0 aliphatic carbocycles. The minimum Gasteiger partial charge on any atom is -0.311 e. The fourth-order valence-corrected chi connectivity index (χ4v) is 2.05. The normalized spacial score (nSPS) is 10.7. The summed E-state index contributed by atoms with van der Waals surface area (Å²) in [5, 5.41) is 7.79. The van der Waals surface area contributed by atoms with Gasteiger partial charge in [0.2, 0.25) is 0 Å². The summed E-state index contributed by atoms with van der Waals surface area (Å²) in [7, 11) is 0. The highest BCUT2D eigenvalue weighted by atomic mass is 79.9. The van der Waals surface area contributed by atoms with E-state index in [9.17, 15) is 0 Å². The predicted molar refractivity (Wildman–Crippen MR) is 72.9 cm³/mol. The van der Waals surface area contributed by atoms with Crippen LogP contribution in [0.5, 0.6) is 0 Å². The van der Waals surface area contributed by atoms with Gasteiger partial charge in [-0.05, 0) is 24.2 Å². The van der Waals surface area contributed by atoms with E-state index >= 15 is 0 Å². The summed E-state index contributed by atoms with van der Waals surface area (Å²) in [4.78, 5) is 0. The molecular formula is C13H16BrN3. The first-order valence-corrected chi connectivity index (χ1v) is 6.55. The highest BCUT2D eigenvalue weighted by molar-refractivity contribution is 9.10. The van der Waals surface area contributed by atoms with Crippen LogP contribution in [-0.2, 0) is 13.1 Å². The van der Waals surface area contributed by atoms with Crippen molar-refractivity contribution in [1.29, 1.82) is 0 Å². The van der Waals surface area contributed by atoms with Gasteiger partial charge in [0.15, 0.2) is 0 Å². The number of hydrogen-bond acceptors (Lipinski definition) is 2. The molecule has 0 spiro atoms. The van der Waals surface area contributed by atoms with E-state index in [-0.39, 0.29) is 0 Å². The van der Waals surface area contributed by atoms with Crippen LogP contribution in [0, 0.1) is 0 Å². The van der Waals surface area contributed by atoms with Crippen molar-refractivity contribution in [3.05, 3.63) is 52.3 Å². The maximum absolute atomic E-state index is 4.52. The van der Waals surface area contributed by atoms with Crippen LogP contribution in [0.3, 0.4) is 0 Å². The topological polar surface area (TPSA) is 29.9 Å². The summed E-state index contributed by atoms with van der Waals surface area (Å²) in [5.41, 5.74) is 2.32. The first kappa shape index (κ1) is 12.3. The Bertz CT molecular complexity index is 479. The van der Waals surface area contributed by atoms with E-state index in [4.69, 9.17) is 0 Å². The van der Waals surface area contributed by atoms with Gasteiger partial charge in [0.25, 0.3) is 0 Å². The Morgan fingerprint density at radius 2 is 2.12 bits per heavy atom. The van der Waals surface area contributed by atoms with Crippen LogP contribution in [0.2, 0.25) is 0 Å². The van der Waals surface area contributed by atoms with Crippen LogP contribution in [0.4, 0.5) is 0 Å². The molecular weight excluding hydrogens is 278 g/mol. The smallest absolute Gasteiger partial charge is 0.0762 e. The number of hydrogen-bond donors (Lipinski definition) is 1. The van der Waals surface area contributed by atoms with Crippen LogP contribution >= 0.6 is 15.9 Å². The second-order valence-corrected chi connectivity index (χ2v) is 4.73. The third-order valence-electron chi connectivity index (χ3n) is 2.54. The van der Waals surface area contributed by atoms with Gasteiger partial charge < -0.3 is 5.32 Å². The zero-order chi connectivity index (χ0) is 12.1. The lowest BCUT2D eigenvalue weighted by molar-refractivity contribution is 0.643. The van der Waals surface area contributed by atoms with Crippen LogP contribution in [0.1, 0.15) is 18.2 Å². The average Bonchev–Trinajstić information content (AvgIpc) is 2.77. The monoisotopic (exact) mass is 293 g/mol. The number of aromatic nitrogens is 2. The largest absolute Gasteiger partial charge is 0.311 e. The molecule has 90 valence electrons. The molecule has 0 fully saturated rings. The van der Waals surface area contributed by atoms with Gasteiger partial charge in [0.1, 0.15) is 0 Å². The fraction of sp³-hybridized carbons (Fsp3) is 0.308. The number of benzene rings is 1. The zero-order valence-electron chi connectivity index (χ0n) is 9.86. The average molecular weight is 294 g/mol. The first-order valence-electron chi connectivity index (χ1n) is 5.76. The van der Waals surface area contributed by atoms with Crippen molar-refractivity contribution in [3.63, 3.8) is 0 Å². The summed E-state index contributed by atoms with van der Waals surface area (Å²) in [6.45, 7) is 4.70. The third kappa shape index (κ3) is 3.41. The maximum Gasteiger partial charge on any atom is 0.0762 e. The molecule has 0 atom stereocenters. The second-order valence-electron chi connectivity index (χ2n) is 3.88. The van der Waals surface area contributed by atoms with Gasteiger partial charge in [-0.15, -0.1) is 0 Å². The van der Waals surface area contributed by atoms with Crippen LogP contribution in [-0.4, -0.2) is 16.3 Å². The van der Waals surface area contributed by atoms with Crippen molar-refractivity contribution >= 4 is 15.9 Å². The quantitative estimate of drug-likeness (QED) is 0.919. The van der Waals surface area contributed by atoms with Gasteiger partial charge in [-0.2, -0.15) is 5.10 Å². The van der Waals surface area contributed by atoms with Crippen LogP contribution < -0.4 is 5.32 Å². The summed E-state index contributed by atoms with van der Waals surface area (Å²) in [5.74, 6) is 0. The van der Waals surface area contributed by atoms with E-state index in [2.05, 4.69) is 51.5 Å². The number of halogens is 1.